The van der Waals surface area contributed by atoms with Crippen LogP contribution in [-0.2, 0) is 0 Å². The molecule has 120 valence electrons. The standard InChI is InChI=1S/C18H13FN2O2S/c1-11(22)13-3-2-4-15(9-13)20-17(23)16-10-24-18(21-16)12-5-7-14(19)8-6-12/h2-10H,1H3,(H,20,23). The van der Waals surface area contributed by atoms with Crippen molar-refractivity contribution in [2.45, 2.75) is 6.92 Å². The minimum atomic E-state index is -0.361. The predicted octanol–water partition coefficient (Wildman–Crippen LogP) is 4.40. The van der Waals surface area contributed by atoms with Gasteiger partial charge in [0.2, 0.25) is 0 Å². The number of amides is 1. The van der Waals surface area contributed by atoms with E-state index in [4.69, 9.17) is 0 Å². The minimum Gasteiger partial charge on any atom is -0.321 e. The van der Waals surface area contributed by atoms with Crippen LogP contribution in [0.25, 0.3) is 10.6 Å². The van der Waals surface area contributed by atoms with Gasteiger partial charge in [-0.05, 0) is 43.3 Å². The average molecular weight is 340 g/mol. The first kappa shape index (κ1) is 16.0. The zero-order valence-electron chi connectivity index (χ0n) is 12.7. The van der Waals surface area contributed by atoms with E-state index in [1.165, 1.54) is 30.4 Å². The number of nitrogens with one attached hydrogen (secondary N) is 1. The van der Waals surface area contributed by atoms with Crippen LogP contribution in [-0.4, -0.2) is 16.7 Å². The number of hydrogen-bond donors (Lipinski definition) is 1. The van der Waals surface area contributed by atoms with Crippen molar-refractivity contribution in [1.82, 2.24) is 4.98 Å². The van der Waals surface area contributed by atoms with Crippen LogP contribution in [0.3, 0.4) is 0 Å². The zero-order valence-corrected chi connectivity index (χ0v) is 13.6. The number of carbonyl (C=O) groups excluding carboxylic acids is 2. The monoisotopic (exact) mass is 340 g/mol. The van der Waals surface area contributed by atoms with Crippen molar-refractivity contribution in [3.63, 3.8) is 0 Å². The summed E-state index contributed by atoms with van der Waals surface area (Å²) < 4.78 is 13.0. The highest BCUT2D eigenvalue weighted by Gasteiger charge is 2.13. The molecule has 0 unspecified atom stereocenters. The molecule has 24 heavy (non-hydrogen) atoms. The SMILES string of the molecule is CC(=O)c1cccc(NC(=O)c2csc(-c3ccc(F)cc3)n2)c1. The number of halogens is 1. The van der Waals surface area contributed by atoms with Gasteiger partial charge < -0.3 is 5.32 Å². The van der Waals surface area contributed by atoms with Crippen molar-refractivity contribution in [3.8, 4) is 10.6 Å². The molecule has 0 radical (unpaired) electrons. The molecular formula is C18H13FN2O2S. The summed E-state index contributed by atoms with van der Waals surface area (Å²) in [7, 11) is 0. The van der Waals surface area contributed by atoms with Crippen LogP contribution >= 0.6 is 11.3 Å². The Labute approximate surface area is 142 Å². The van der Waals surface area contributed by atoms with Crippen LogP contribution in [0.15, 0.2) is 53.9 Å². The van der Waals surface area contributed by atoms with Crippen molar-refractivity contribution in [2.75, 3.05) is 5.32 Å². The summed E-state index contributed by atoms with van der Waals surface area (Å²) in [6.07, 6.45) is 0. The number of benzene rings is 2. The third kappa shape index (κ3) is 3.55. The van der Waals surface area contributed by atoms with Gasteiger partial charge >= 0.3 is 0 Å². The van der Waals surface area contributed by atoms with Crippen LogP contribution in [0.4, 0.5) is 10.1 Å². The topological polar surface area (TPSA) is 59.1 Å². The lowest BCUT2D eigenvalue weighted by molar-refractivity contribution is 0.100. The second kappa shape index (κ2) is 6.72. The van der Waals surface area contributed by atoms with Crippen LogP contribution in [0.5, 0.6) is 0 Å². The second-order valence-electron chi connectivity index (χ2n) is 5.14. The van der Waals surface area contributed by atoms with E-state index in [2.05, 4.69) is 10.3 Å². The number of aromatic nitrogens is 1. The summed E-state index contributed by atoms with van der Waals surface area (Å²) in [5.74, 6) is -0.753. The molecule has 6 heteroatoms. The third-order valence-corrected chi connectivity index (χ3v) is 4.25. The van der Waals surface area contributed by atoms with Gasteiger partial charge in [0.05, 0.1) is 0 Å². The maximum atomic E-state index is 13.0. The van der Waals surface area contributed by atoms with Crippen molar-refractivity contribution >= 4 is 28.7 Å². The first-order chi connectivity index (χ1) is 11.5. The molecule has 2 aromatic carbocycles. The normalized spacial score (nSPS) is 10.4. The molecule has 0 saturated heterocycles. The van der Waals surface area contributed by atoms with Gasteiger partial charge in [0, 0.05) is 22.2 Å². The predicted molar refractivity (Wildman–Crippen MR) is 91.9 cm³/mol. The molecule has 1 heterocycles. The highest BCUT2D eigenvalue weighted by atomic mass is 32.1. The maximum Gasteiger partial charge on any atom is 0.275 e. The Morgan fingerprint density at radius 1 is 1.12 bits per heavy atom. The van der Waals surface area contributed by atoms with E-state index >= 15 is 0 Å². The van der Waals surface area contributed by atoms with Crippen molar-refractivity contribution < 1.29 is 14.0 Å². The molecule has 0 saturated carbocycles. The van der Waals surface area contributed by atoms with E-state index in [9.17, 15) is 14.0 Å². The zero-order chi connectivity index (χ0) is 17.1. The molecular weight excluding hydrogens is 327 g/mol. The van der Waals surface area contributed by atoms with Gasteiger partial charge in [0.1, 0.15) is 16.5 Å². The first-order valence-corrected chi connectivity index (χ1v) is 8.05. The Balaban J connectivity index is 1.77. The Morgan fingerprint density at radius 3 is 2.58 bits per heavy atom. The second-order valence-corrected chi connectivity index (χ2v) is 5.99. The number of rotatable bonds is 4. The lowest BCUT2D eigenvalue weighted by Crippen LogP contribution is -2.12. The van der Waals surface area contributed by atoms with Gasteiger partial charge in [0.25, 0.3) is 5.91 Å². The van der Waals surface area contributed by atoms with Crippen LogP contribution in [0.2, 0.25) is 0 Å². The van der Waals surface area contributed by atoms with Gasteiger partial charge in [-0.15, -0.1) is 11.3 Å². The van der Waals surface area contributed by atoms with Crippen molar-refractivity contribution in [2.24, 2.45) is 0 Å². The summed E-state index contributed by atoms with van der Waals surface area (Å²) in [6.45, 7) is 1.47. The van der Waals surface area contributed by atoms with Gasteiger partial charge in [0.15, 0.2) is 5.78 Å². The first-order valence-electron chi connectivity index (χ1n) is 7.17. The molecule has 0 aliphatic carbocycles. The van der Waals surface area contributed by atoms with E-state index < -0.39 is 0 Å². The summed E-state index contributed by atoms with van der Waals surface area (Å²) in [5.41, 5.74) is 2.08. The Hall–Kier alpha value is -2.86. The fourth-order valence-electron chi connectivity index (χ4n) is 2.11. The smallest absolute Gasteiger partial charge is 0.275 e. The van der Waals surface area contributed by atoms with Crippen molar-refractivity contribution in [1.29, 1.82) is 0 Å². The van der Waals surface area contributed by atoms with Gasteiger partial charge in [-0.2, -0.15) is 0 Å². The number of thiazole rings is 1. The lowest BCUT2D eigenvalue weighted by atomic mass is 10.1. The Morgan fingerprint density at radius 2 is 1.88 bits per heavy atom. The van der Waals surface area contributed by atoms with E-state index in [1.807, 2.05) is 0 Å². The summed E-state index contributed by atoms with van der Waals surface area (Å²) >= 11 is 1.31. The number of nitrogens with zero attached hydrogens (tertiary/aromatic N) is 1. The van der Waals surface area contributed by atoms with Crippen molar-refractivity contribution in [3.05, 3.63) is 71.0 Å². The number of anilines is 1. The average Bonchev–Trinajstić information content (AvgIpc) is 3.06. The number of ketones is 1. The number of Topliss-reactive ketones (excluding diaryl/α,β-unsaturated/α-hetero) is 1. The van der Waals surface area contributed by atoms with Crippen LogP contribution in [0, 0.1) is 5.82 Å². The molecule has 3 aromatic rings. The van der Waals surface area contributed by atoms with Gasteiger partial charge in [-0.3, -0.25) is 9.59 Å². The highest BCUT2D eigenvalue weighted by Crippen LogP contribution is 2.24. The maximum absolute atomic E-state index is 13.0. The van der Waals surface area contributed by atoms with Crippen LogP contribution in [0.1, 0.15) is 27.8 Å². The van der Waals surface area contributed by atoms with Gasteiger partial charge in [-0.1, -0.05) is 12.1 Å². The summed E-state index contributed by atoms with van der Waals surface area (Å²) in [6, 6.07) is 12.7. The lowest BCUT2D eigenvalue weighted by Gasteiger charge is -2.04. The fraction of sp³-hybridized carbons (Fsp3) is 0.0556. The van der Waals surface area contributed by atoms with E-state index in [0.29, 0.717) is 16.3 Å². The molecule has 1 amide bonds. The Bertz CT molecular complexity index is 903. The highest BCUT2D eigenvalue weighted by molar-refractivity contribution is 7.13. The number of carbonyl (C=O) groups is 2. The summed E-state index contributed by atoms with van der Waals surface area (Å²) in [5, 5.41) is 5.00. The molecule has 3 rings (SSSR count). The van der Waals surface area contributed by atoms with Gasteiger partial charge in [-0.25, -0.2) is 9.37 Å². The van der Waals surface area contributed by atoms with E-state index in [0.717, 1.165) is 5.56 Å². The fourth-order valence-corrected chi connectivity index (χ4v) is 2.92. The van der Waals surface area contributed by atoms with E-state index in [1.54, 1.807) is 41.8 Å². The molecule has 0 fully saturated rings. The molecule has 0 atom stereocenters. The molecule has 0 aliphatic rings. The largest absolute Gasteiger partial charge is 0.321 e. The minimum absolute atomic E-state index is 0.0710. The Kier molecular flexibility index (Phi) is 4.48. The van der Waals surface area contributed by atoms with Crippen LogP contribution < -0.4 is 5.32 Å². The molecule has 0 aliphatic heterocycles. The molecule has 1 aromatic heterocycles. The number of hydrogen-bond acceptors (Lipinski definition) is 4. The van der Waals surface area contributed by atoms with E-state index in [-0.39, 0.29) is 23.2 Å². The molecule has 1 N–H and O–H groups in total. The molecule has 0 spiro atoms. The quantitative estimate of drug-likeness (QED) is 0.716. The molecule has 4 nitrogen and oxygen atoms in total. The third-order valence-electron chi connectivity index (χ3n) is 3.35. The molecule has 0 bridgehead atoms. The summed E-state index contributed by atoms with van der Waals surface area (Å²) in [4.78, 5) is 28.0.